The number of carbonyl (C=O) groups is 1. The Kier molecular flexibility index (Phi) is 7.85. The number of nitrogens with one attached hydrogen (secondary N) is 2. The molecule has 4 N–H and O–H groups in total. The Bertz CT molecular complexity index is 959. The minimum Gasteiger partial charge on any atom is -0.352 e. The lowest BCUT2D eigenvalue weighted by Crippen LogP contribution is -2.38. The van der Waals surface area contributed by atoms with Crippen LogP contribution in [0.3, 0.4) is 0 Å². The molecular formula is C18H21ClN4O2S2. The molecule has 27 heavy (non-hydrogen) atoms. The molecule has 0 aliphatic heterocycles. The number of aromatic amines is 1. The molecule has 1 amide bonds. The number of aromatic nitrogens is 2. The van der Waals surface area contributed by atoms with E-state index >= 15 is 0 Å². The molecule has 0 unspecified atom stereocenters. The zero-order chi connectivity index (χ0) is 18.5. The van der Waals surface area contributed by atoms with E-state index in [0.29, 0.717) is 34.1 Å². The zero-order valence-electron chi connectivity index (χ0n) is 14.7. The number of nitrogens with two attached hydrogens (primary N) is 1. The fourth-order valence-corrected chi connectivity index (χ4v) is 4.18. The first-order valence-corrected chi connectivity index (χ1v) is 10.2. The van der Waals surface area contributed by atoms with Gasteiger partial charge in [-0.1, -0.05) is 30.3 Å². The number of amides is 1. The van der Waals surface area contributed by atoms with Crippen molar-refractivity contribution in [2.24, 2.45) is 5.73 Å². The lowest BCUT2D eigenvalue weighted by atomic mass is 10.1. The SMILES string of the molecule is C[C@@H](CN)NC(=O)CSCc1nc2scc(-c3ccccc3)c2c(=O)[nH]1.Cl. The number of H-pyrrole nitrogens is 1. The summed E-state index contributed by atoms with van der Waals surface area (Å²) < 4.78 is 0. The number of benzene rings is 1. The molecule has 3 aromatic rings. The molecule has 0 spiro atoms. The number of thiophene rings is 1. The second-order valence-corrected chi connectivity index (χ2v) is 7.75. The Hall–Kier alpha value is -1.87. The van der Waals surface area contributed by atoms with Crippen LogP contribution in [0.2, 0.25) is 0 Å². The monoisotopic (exact) mass is 424 g/mol. The number of nitrogens with zero attached hydrogens (tertiary/aromatic N) is 1. The Morgan fingerprint density at radius 3 is 2.81 bits per heavy atom. The van der Waals surface area contributed by atoms with Crippen molar-refractivity contribution in [2.75, 3.05) is 12.3 Å². The molecule has 144 valence electrons. The molecule has 0 bridgehead atoms. The topological polar surface area (TPSA) is 101 Å². The van der Waals surface area contributed by atoms with Crippen molar-refractivity contribution in [3.05, 3.63) is 51.9 Å². The summed E-state index contributed by atoms with van der Waals surface area (Å²) in [4.78, 5) is 32.4. The van der Waals surface area contributed by atoms with Gasteiger partial charge in [0.05, 0.1) is 16.9 Å². The zero-order valence-corrected chi connectivity index (χ0v) is 17.2. The van der Waals surface area contributed by atoms with Crippen molar-refractivity contribution in [1.82, 2.24) is 15.3 Å². The van der Waals surface area contributed by atoms with E-state index in [4.69, 9.17) is 5.73 Å². The van der Waals surface area contributed by atoms with Crippen molar-refractivity contribution in [3.8, 4) is 11.1 Å². The first-order chi connectivity index (χ1) is 12.6. The van der Waals surface area contributed by atoms with E-state index in [0.717, 1.165) is 11.1 Å². The van der Waals surface area contributed by atoms with Gasteiger partial charge in [-0.3, -0.25) is 9.59 Å². The molecule has 3 rings (SSSR count). The van der Waals surface area contributed by atoms with Gasteiger partial charge in [-0.05, 0) is 12.5 Å². The van der Waals surface area contributed by atoms with Gasteiger partial charge in [0.25, 0.3) is 5.56 Å². The number of halogens is 1. The first-order valence-electron chi connectivity index (χ1n) is 8.21. The summed E-state index contributed by atoms with van der Waals surface area (Å²) in [7, 11) is 0. The third kappa shape index (κ3) is 5.32. The summed E-state index contributed by atoms with van der Waals surface area (Å²) in [6, 6.07) is 9.75. The van der Waals surface area contributed by atoms with Crippen LogP contribution >= 0.6 is 35.5 Å². The van der Waals surface area contributed by atoms with Crippen molar-refractivity contribution < 1.29 is 4.79 Å². The van der Waals surface area contributed by atoms with Crippen LogP contribution in [0.15, 0.2) is 40.5 Å². The van der Waals surface area contributed by atoms with E-state index in [9.17, 15) is 9.59 Å². The quantitative estimate of drug-likeness (QED) is 0.541. The third-order valence-electron chi connectivity index (χ3n) is 3.81. The van der Waals surface area contributed by atoms with Gasteiger partial charge >= 0.3 is 0 Å². The molecule has 0 saturated carbocycles. The van der Waals surface area contributed by atoms with Crippen LogP contribution in [0.4, 0.5) is 0 Å². The first kappa shape index (κ1) is 21.4. The van der Waals surface area contributed by atoms with Crippen LogP contribution in [0.25, 0.3) is 21.3 Å². The van der Waals surface area contributed by atoms with Crippen molar-refractivity contribution in [1.29, 1.82) is 0 Å². The summed E-state index contributed by atoms with van der Waals surface area (Å²) >= 11 is 2.86. The lowest BCUT2D eigenvalue weighted by molar-refractivity contribution is -0.119. The average molecular weight is 425 g/mol. The molecule has 0 saturated heterocycles. The van der Waals surface area contributed by atoms with Gasteiger partial charge in [0.2, 0.25) is 5.91 Å². The van der Waals surface area contributed by atoms with Gasteiger partial charge in [-0.25, -0.2) is 4.98 Å². The van der Waals surface area contributed by atoms with Crippen LogP contribution in [0.5, 0.6) is 0 Å². The van der Waals surface area contributed by atoms with E-state index in [1.54, 1.807) is 0 Å². The number of thioether (sulfide) groups is 1. The highest BCUT2D eigenvalue weighted by Crippen LogP contribution is 2.30. The van der Waals surface area contributed by atoms with E-state index in [2.05, 4.69) is 15.3 Å². The minimum absolute atomic E-state index is 0. The minimum atomic E-state index is -0.146. The van der Waals surface area contributed by atoms with Gasteiger partial charge in [0.1, 0.15) is 10.7 Å². The molecular weight excluding hydrogens is 404 g/mol. The Labute approximate surface area is 171 Å². The summed E-state index contributed by atoms with van der Waals surface area (Å²) in [5.74, 6) is 1.27. The highest BCUT2D eigenvalue weighted by Gasteiger charge is 2.13. The fourth-order valence-electron chi connectivity index (χ4n) is 2.51. The van der Waals surface area contributed by atoms with Crippen LogP contribution in [0, 0.1) is 0 Å². The third-order valence-corrected chi connectivity index (χ3v) is 5.63. The molecule has 0 fully saturated rings. The smallest absolute Gasteiger partial charge is 0.260 e. The highest BCUT2D eigenvalue weighted by atomic mass is 35.5. The van der Waals surface area contributed by atoms with Crippen molar-refractivity contribution in [2.45, 2.75) is 18.7 Å². The Morgan fingerprint density at radius 1 is 1.37 bits per heavy atom. The normalized spacial score (nSPS) is 11.8. The molecule has 2 aromatic heterocycles. The summed E-state index contributed by atoms with van der Waals surface area (Å²) in [6.07, 6.45) is 0. The number of fused-ring (bicyclic) bond motifs is 1. The summed E-state index contributed by atoms with van der Waals surface area (Å²) in [6.45, 7) is 2.26. The van der Waals surface area contributed by atoms with Gasteiger partial charge in [0, 0.05) is 23.5 Å². The van der Waals surface area contributed by atoms with E-state index < -0.39 is 0 Å². The molecule has 2 heterocycles. The highest BCUT2D eigenvalue weighted by molar-refractivity contribution is 7.99. The Balaban J connectivity index is 0.00000261. The second-order valence-electron chi connectivity index (χ2n) is 5.91. The maximum atomic E-state index is 12.5. The van der Waals surface area contributed by atoms with Crippen LogP contribution in [0.1, 0.15) is 12.7 Å². The average Bonchev–Trinajstić information content (AvgIpc) is 3.07. The van der Waals surface area contributed by atoms with Crippen molar-refractivity contribution >= 4 is 51.6 Å². The molecule has 1 aromatic carbocycles. The molecule has 0 radical (unpaired) electrons. The number of carbonyl (C=O) groups excluding carboxylic acids is 1. The second kappa shape index (κ2) is 9.89. The maximum Gasteiger partial charge on any atom is 0.260 e. The van der Waals surface area contributed by atoms with Crippen LogP contribution in [-0.2, 0) is 10.5 Å². The van der Waals surface area contributed by atoms with Gasteiger partial charge < -0.3 is 16.0 Å². The predicted molar refractivity (Wildman–Crippen MR) is 116 cm³/mol. The van der Waals surface area contributed by atoms with Crippen LogP contribution in [-0.4, -0.2) is 34.2 Å². The van der Waals surface area contributed by atoms with Gasteiger partial charge in [-0.2, -0.15) is 0 Å². The number of hydrogen-bond donors (Lipinski definition) is 3. The maximum absolute atomic E-state index is 12.5. The molecule has 9 heteroatoms. The standard InChI is InChI=1S/C18H20N4O2S2.ClH/c1-11(7-19)20-15(23)10-25-9-14-21-17(24)16-13(8-26-18(16)22-14)12-5-3-2-4-6-12;/h2-6,8,11H,7,9-10,19H2,1H3,(H,20,23)(H,21,22,24);1H/t11-;/m0./s1. The molecule has 0 aliphatic carbocycles. The largest absolute Gasteiger partial charge is 0.352 e. The summed E-state index contributed by atoms with van der Waals surface area (Å²) in [5.41, 5.74) is 7.23. The van der Waals surface area contributed by atoms with Gasteiger partial charge in [0.15, 0.2) is 0 Å². The van der Waals surface area contributed by atoms with E-state index in [1.165, 1.54) is 23.1 Å². The van der Waals surface area contributed by atoms with Crippen LogP contribution < -0.4 is 16.6 Å². The lowest BCUT2D eigenvalue weighted by Gasteiger charge is -2.10. The molecule has 1 atom stereocenters. The fraction of sp³-hybridized carbons (Fsp3) is 0.278. The number of rotatable bonds is 7. The van der Waals surface area contributed by atoms with E-state index in [1.807, 2.05) is 42.6 Å². The van der Waals surface area contributed by atoms with Gasteiger partial charge in [-0.15, -0.1) is 35.5 Å². The Morgan fingerprint density at radius 2 is 2.11 bits per heavy atom. The van der Waals surface area contributed by atoms with Crippen molar-refractivity contribution in [3.63, 3.8) is 0 Å². The molecule has 0 aliphatic rings. The van der Waals surface area contributed by atoms with E-state index in [-0.39, 0.29) is 29.9 Å². The number of hydrogen-bond acceptors (Lipinski definition) is 6. The summed E-state index contributed by atoms with van der Waals surface area (Å²) in [5, 5.41) is 5.38. The molecule has 6 nitrogen and oxygen atoms in total. The predicted octanol–water partition coefficient (Wildman–Crippen LogP) is 2.77.